The van der Waals surface area contributed by atoms with Crippen LogP contribution in [-0.2, 0) is 29.4 Å². The molecule has 2 atom stereocenters. The summed E-state index contributed by atoms with van der Waals surface area (Å²) < 4.78 is 29.3. The minimum absolute atomic E-state index is 0.0355. The molecule has 0 spiro atoms. The first-order valence-electron chi connectivity index (χ1n) is 13.2. The summed E-state index contributed by atoms with van der Waals surface area (Å²) in [6.07, 6.45) is -1.89. The molecule has 0 bridgehead atoms. The van der Waals surface area contributed by atoms with E-state index >= 15 is 0 Å². The van der Waals surface area contributed by atoms with E-state index in [4.69, 9.17) is 15.7 Å². The van der Waals surface area contributed by atoms with Crippen LogP contribution in [0.5, 0.6) is 0 Å². The molecule has 1 unspecified atom stereocenters. The lowest BCUT2D eigenvalue weighted by atomic mass is 9.96. The molecule has 2 aliphatic rings. The number of piperidine rings is 1. The fourth-order valence-corrected chi connectivity index (χ4v) is 5.46. The highest BCUT2D eigenvalue weighted by Gasteiger charge is 2.34. The Labute approximate surface area is 247 Å². The summed E-state index contributed by atoms with van der Waals surface area (Å²) >= 11 is 0. The van der Waals surface area contributed by atoms with E-state index in [0.717, 1.165) is 0 Å². The summed E-state index contributed by atoms with van der Waals surface area (Å²) in [6, 6.07) is 12.4. The highest BCUT2D eigenvalue weighted by molar-refractivity contribution is 7.76. The highest BCUT2D eigenvalue weighted by Crippen LogP contribution is 2.26. The van der Waals surface area contributed by atoms with Crippen LogP contribution in [0.4, 0.5) is 5.69 Å². The molecule has 14 nitrogen and oxygen atoms in total. The standard InChI is InChI=1S/C28H29N5O9S/c1-15(14-21(34)16-6-8-17(9-7-16)24(29)32-39)27(36)33-12-10-18(11-13-33)42-26(28(37)38)31-25(35)22-23(43(40)41)19-4-2-3-5-20(19)30-22/h2-9,15,18,26,39H,10-14H2,1H3,(H2,29,32)(H,31,35)(H,37,38)/t15?,26-/m0/s1. The van der Waals surface area contributed by atoms with E-state index in [1.165, 1.54) is 36.4 Å². The van der Waals surface area contributed by atoms with Gasteiger partial charge >= 0.3 is 5.97 Å². The van der Waals surface area contributed by atoms with Gasteiger partial charge in [-0.3, -0.25) is 14.4 Å². The van der Waals surface area contributed by atoms with Gasteiger partial charge in [0.15, 0.2) is 17.3 Å². The number of aliphatic imine (C=N–C) groups is 1. The molecular formula is C28H29N5O9S. The molecule has 15 heteroatoms. The molecule has 4 rings (SSSR count). The molecule has 0 aliphatic carbocycles. The lowest BCUT2D eigenvalue weighted by Crippen LogP contribution is -2.50. The maximum absolute atomic E-state index is 13.0. The molecule has 1 saturated heterocycles. The topological polar surface area (TPSA) is 218 Å². The Balaban J connectivity index is 1.30. The molecule has 2 heterocycles. The zero-order valence-electron chi connectivity index (χ0n) is 23.0. The second kappa shape index (κ2) is 13.4. The first-order valence-corrected chi connectivity index (χ1v) is 14.3. The number of aliphatic carboxylic acids is 1. The number of carbonyl (C=O) groups is 4. The number of fused-ring (bicyclic) bond motifs is 1. The van der Waals surface area contributed by atoms with Crippen LogP contribution in [0.25, 0.3) is 0 Å². The molecule has 2 aliphatic heterocycles. The molecule has 0 aromatic heterocycles. The largest absolute Gasteiger partial charge is 0.478 e. The van der Waals surface area contributed by atoms with Crippen LogP contribution in [0.1, 0.15) is 47.7 Å². The number of benzene rings is 2. The predicted octanol–water partition coefficient (Wildman–Crippen LogP) is 0.710. The van der Waals surface area contributed by atoms with Crippen molar-refractivity contribution < 1.29 is 42.6 Å². The summed E-state index contributed by atoms with van der Waals surface area (Å²) in [7, 11) is -2.80. The smallest absolute Gasteiger partial charge is 0.354 e. The van der Waals surface area contributed by atoms with Crippen molar-refractivity contribution >= 4 is 56.0 Å². The van der Waals surface area contributed by atoms with Gasteiger partial charge in [0.05, 0.1) is 11.8 Å². The Hall–Kier alpha value is -4.89. The maximum atomic E-state index is 13.0. The second-order valence-electron chi connectivity index (χ2n) is 9.98. The molecular weight excluding hydrogens is 582 g/mol. The Morgan fingerprint density at radius 3 is 2.33 bits per heavy atom. The molecule has 43 heavy (non-hydrogen) atoms. The molecule has 2 amide bonds. The Morgan fingerprint density at radius 1 is 1.09 bits per heavy atom. The first-order chi connectivity index (χ1) is 20.5. The van der Waals surface area contributed by atoms with Crippen molar-refractivity contribution in [2.45, 2.75) is 38.5 Å². The van der Waals surface area contributed by atoms with Gasteiger partial charge in [-0.1, -0.05) is 54.5 Å². The van der Waals surface area contributed by atoms with Gasteiger partial charge in [0.1, 0.15) is 4.86 Å². The normalized spacial score (nSPS) is 16.6. The van der Waals surface area contributed by atoms with Gasteiger partial charge in [-0.05, 0) is 18.9 Å². The summed E-state index contributed by atoms with van der Waals surface area (Å²) in [4.78, 5) is 55.7. The number of carbonyl (C=O) groups excluding carboxylic acids is 3. The number of hydrogen-bond acceptors (Lipinski definition) is 10. The van der Waals surface area contributed by atoms with Gasteiger partial charge in [-0.15, -0.1) is 0 Å². The predicted molar refractivity (Wildman–Crippen MR) is 154 cm³/mol. The van der Waals surface area contributed by atoms with Crippen LogP contribution < -0.4 is 11.1 Å². The quantitative estimate of drug-likeness (QED) is 0.0561. The highest BCUT2D eigenvalue weighted by atomic mass is 32.2. The average Bonchev–Trinajstić information content (AvgIpc) is 3.40. The van der Waals surface area contributed by atoms with Gasteiger partial charge in [0, 0.05) is 42.1 Å². The summed E-state index contributed by atoms with van der Waals surface area (Å²) in [5.74, 6) is -3.70. The third kappa shape index (κ3) is 7.13. The first kappa shape index (κ1) is 31.1. The van der Waals surface area contributed by atoms with Crippen LogP contribution in [-0.4, -0.2) is 89.0 Å². The van der Waals surface area contributed by atoms with Crippen LogP contribution in [0, 0.1) is 5.92 Å². The summed E-state index contributed by atoms with van der Waals surface area (Å²) in [5, 5.41) is 23.5. The van der Waals surface area contributed by atoms with Crippen LogP contribution in [0.2, 0.25) is 0 Å². The molecule has 0 saturated carbocycles. The number of amides is 2. The van der Waals surface area contributed by atoms with Crippen molar-refractivity contribution in [2.75, 3.05) is 13.1 Å². The van der Waals surface area contributed by atoms with Crippen LogP contribution in [0.15, 0.2) is 58.7 Å². The van der Waals surface area contributed by atoms with Crippen molar-refractivity contribution in [3.8, 4) is 0 Å². The van der Waals surface area contributed by atoms with E-state index < -0.39 is 46.1 Å². The van der Waals surface area contributed by atoms with Crippen LogP contribution >= 0.6 is 0 Å². The number of nitrogens with one attached hydrogen (secondary N) is 1. The molecule has 1 fully saturated rings. The fourth-order valence-electron chi connectivity index (χ4n) is 4.81. The van der Waals surface area contributed by atoms with Gasteiger partial charge in [0.25, 0.3) is 5.91 Å². The molecule has 0 radical (unpaired) electrons. The zero-order valence-corrected chi connectivity index (χ0v) is 23.8. The van der Waals surface area contributed by atoms with Crippen molar-refractivity contribution in [1.29, 1.82) is 0 Å². The minimum Gasteiger partial charge on any atom is -0.478 e. The number of para-hydroxylation sites is 1. The maximum Gasteiger partial charge on any atom is 0.354 e. The van der Waals surface area contributed by atoms with Crippen molar-refractivity contribution in [3.63, 3.8) is 0 Å². The number of ketones is 1. The molecule has 2 aromatic rings. The lowest BCUT2D eigenvalue weighted by Gasteiger charge is -2.34. The van der Waals surface area contributed by atoms with Crippen molar-refractivity contribution in [2.24, 2.45) is 21.8 Å². The summed E-state index contributed by atoms with van der Waals surface area (Å²) in [5.41, 5.74) is 6.42. The molecule has 5 N–H and O–H groups in total. The number of ether oxygens (including phenoxy) is 1. The van der Waals surface area contributed by atoms with E-state index in [0.29, 0.717) is 11.1 Å². The van der Waals surface area contributed by atoms with E-state index in [9.17, 15) is 32.7 Å². The fraction of sp³-hybridized carbons (Fsp3) is 0.321. The minimum atomic E-state index is -2.80. The van der Waals surface area contributed by atoms with Gasteiger partial charge in [0.2, 0.25) is 22.4 Å². The SMILES string of the molecule is CC(CC(=O)c1ccc(/C(N)=N/O)cc1)C(=O)N1CCC(O[C@H](NC(=O)C2=Nc3ccccc3C2=S(=O)=O)C(=O)O)CC1. The van der Waals surface area contributed by atoms with Gasteiger partial charge in [-0.2, -0.15) is 8.42 Å². The number of hydrogen-bond donors (Lipinski definition) is 4. The Kier molecular flexibility index (Phi) is 9.67. The molecule has 226 valence electrons. The number of rotatable bonds is 10. The number of carboxylic acids is 1. The summed E-state index contributed by atoms with van der Waals surface area (Å²) in [6.45, 7) is 2.13. The van der Waals surface area contributed by atoms with E-state index in [1.807, 2.05) is 0 Å². The number of nitrogens with zero attached hydrogens (tertiary/aromatic N) is 3. The van der Waals surface area contributed by atoms with E-state index in [1.54, 1.807) is 24.0 Å². The monoisotopic (exact) mass is 611 g/mol. The van der Waals surface area contributed by atoms with Crippen molar-refractivity contribution in [1.82, 2.24) is 10.2 Å². The number of Topliss-reactive ketones (excluding diaryl/α,β-unsaturated/α-hetero) is 1. The third-order valence-electron chi connectivity index (χ3n) is 7.07. The Bertz CT molecular complexity index is 1630. The number of likely N-dealkylation sites (tertiary alicyclic amines) is 1. The van der Waals surface area contributed by atoms with Gasteiger partial charge < -0.3 is 31.0 Å². The van der Waals surface area contributed by atoms with Crippen LogP contribution in [0.3, 0.4) is 0 Å². The zero-order chi connectivity index (χ0) is 31.3. The number of carboxylic acid groups (broad SMARTS) is 1. The second-order valence-corrected chi connectivity index (χ2v) is 10.9. The Morgan fingerprint density at radius 2 is 1.72 bits per heavy atom. The van der Waals surface area contributed by atoms with E-state index in [-0.39, 0.29) is 66.0 Å². The number of amidine groups is 1. The number of nitrogens with two attached hydrogens (primary N) is 1. The average molecular weight is 612 g/mol. The van der Waals surface area contributed by atoms with E-state index in [2.05, 4.69) is 15.5 Å². The van der Waals surface area contributed by atoms with Crippen molar-refractivity contribution in [3.05, 3.63) is 65.2 Å². The number of oxime groups is 1. The molecule has 2 aromatic carbocycles. The third-order valence-corrected chi connectivity index (χ3v) is 7.82. The lowest BCUT2D eigenvalue weighted by molar-refractivity contribution is -0.162. The van der Waals surface area contributed by atoms with Gasteiger partial charge in [-0.25, -0.2) is 9.79 Å².